The quantitative estimate of drug-likeness (QED) is 0.232. The molecular weight excluding hydrogens is 244 g/mol. The Kier molecular flexibility index (Phi) is 4.80. The minimum atomic E-state index is -1.17. The standard InChI is InChI=1S/C15H26O4/c1-7-14(5,6)17-12(16)15(18-19-15)11-9-8-10-13(2,3)4/h7H,1,8-11H2,2-6H3. The molecule has 0 bridgehead atoms. The lowest BCUT2D eigenvalue weighted by molar-refractivity contribution is -0.160. The van der Waals surface area contributed by atoms with Crippen molar-refractivity contribution in [3.8, 4) is 0 Å². The van der Waals surface area contributed by atoms with Gasteiger partial charge in [0.25, 0.3) is 0 Å². The number of hydrogen-bond donors (Lipinski definition) is 0. The number of rotatable bonds is 7. The van der Waals surface area contributed by atoms with Crippen LogP contribution in [0.2, 0.25) is 0 Å². The summed E-state index contributed by atoms with van der Waals surface area (Å²) >= 11 is 0. The summed E-state index contributed by atoms with van der Waals surface area (Å²) in [6.45, 7) is 13.8. The van der Waals surface area contributed by atoms with Crippen LogP contribution in [-0.2, 0) is 19.3 Å². The Morgan fingerprint density at radius 3 is 2.21 bits per heavy atom. The molecule has 4 heteroatoms. The first-order valence-corrected chi connectivity index (χ1v) is 6.84. The van der Waals surface area contributed by atoms with Gasteiger partial charge in [0.1, 0.15) is 5.60 Å². The first-order chi connectivity index (χ1) is 8.60. The Labute approximate surface area is 116 Å². The molecular formula is C15H26O4. The van der Waals surface area contributed by atoms with E-state index < -0.39 is 17.4 Å². The summed E-state index contributed by atoms with van der Waals surface area (Å²) < 4.78 is 5.31. The van der Waals surface area contributed by atoms with E-state index in [0.717, 1.165) is 19.3 Å². The molecule has 0 aliphatic carbocycles. The summed E-state index contributed by atoms with van der Waals surface area (Å²) in [5, 5.41) is 0. The van der Waals surface area contributed by atoms with E-state index in [9.17, 15) is 4.79 Å². The van der Waals surface area contributed by atoms with Crippen molar-refractivity contribution >= 4 is 5.97 Å². The predicted molar refractivity (Wildman–Crippen MR) is 73.2 cm³/mol. The van der Waals surface area contributed by atoms with Crippen molar-refractivity contribution < 1.29 is 19.3 Å². The van der Waals surface area contributed by atoms with Crippen molar-refractivity contribution in [3.05, 3.63) is 12.7 Å². The molecule has 0 radical (unpaired) electrons. The van der Waals surface area contributed by atoms with E-state index in [1.807, 2.05) is 0 Å². The number of esters is 1. The summed E-state index contributed by atoms with van der Waals surface area (Å²) in [5.41, 5.74) is -0.394. The highest BCUT2D eigenvalue weighted by atomic mass is 17.4. The summed E-state index contributed by atoms with van der Waals surface area (Å²) in [6, 6.07) is 0. The maximum atomic E-state index is 12.0. The number of hydrogen-bond acceptors (Lipinski definition) is 4. The molecule has 0 aromatic carbocycles. The van der Waals surface area contributed by atoms with E-state index in [4.69, 9.17) is 14.5 Å². The second kappa shape index (κ2) is 5.63. The molecule has 1 aliphatic heterocycles. The fourth-order valence-corrected chi connectivity index (χ4v) is 1.68. The van der Waals surface area contributed by atoms with E-state index >= 15 is 0 Å². The van der Waals surface area contributed by atoms with Crippen LogP contribution in [0.3, 0.4) is 0 Å². The van der Waals surface area contributed by atoms with Crippen molar-refractivity contribution in [3.63, 3.8) is 0 Å². The van der Waals surface area contributed by atoms with Crippen LogP contribution in [0.5, 0.6) is 0 Å². The van der Waals surface area contributed by atoms with Gasteiger partial charge in [0.15, 0.2) is 0 Å². The summed E-state index contributed by atoms with van der Waals surface area (Å²) in [7, 11) is 0. The van der Waals surface area contributed by atoms with Crippen LogP contribution >= 0.6 is 0 Å². The highest BCUT2D eigenvalue weighted by Gasteiger charge is 2.58. The van der Waals surface area contributed by atoms with Crippen molar-refractivity contribution in [1.82, 2.24) is 0 Å². The first kappa shape index (κ1) is 16.2. The smallest absolute Gasteiger partial charge is 0.373 e. The van der Waals surface area contributed by atoms with E-state index in [0.29, 0.717) is 11.8 Å². The highest BCUT2D eigenvalue weighted by Crippen LogP contribution is 2.38. The SMILES string of the molecule is C=CC(C)(C)OC(=O)C1(CCCCC(C)(C)C)OO1. The molecule has 0 N–H and O–H groups in total. The zero-order chi connectivity index (χ0) is 14.7. The third-order valence-corrected chi connectivity index (χ3v) is 3.13. The maximum absolute atomic E-state index is 12.0. The second-order valence-electron chi connectivity index (χ2n) is 6.88. The topological polar surface area (TPSA) is 51.4 Å². The summed E-state index contributed by atoms with van der Waals surface area (Å²) in [6.07, 6.45) is 5.14. The van der Waals surface area contributed by atoms with Gasteiger partial charge in [-0.3, -0.25) is 0 Å². The molecule has 110 valence electrons. The van der Waals surface area contributed by atoms with Gasteiger partial charge in [-0.15, -0.1) is 0 Å². The van der Waals surface area contributed by atoms with Crippen LogP contribution in [0.1, 0.15) is 60.3 Å². The highest BCUT2D eigenvalue weighted by molar-refractivity contribution is 5.79. The molecule has 0 spiro atoms. The lowest BCUT2D eigenvalue weighted by atomic mass is 9.89. The van der Waals surface area contributed by atoms with Crippen molar-refractivity contribution in [2.24, 2.45) is 5.41 Å². The third-order valence-electron chi connectivity index (χ3n) is 3.13. The lowest BCUT2D eigenvalue weighted by Gasteiger charge is -2.22. The molecule has 0 atom stereocenters. The average molecular weight is 270 g/mol. The minimum absolute atomic E-state index is 0.309. The number of carbonyl (C=O) groups excluding carboxylic acids is 1. The van der Waals surface area contributed by atoms with Crippen molar-refractivity contribution in [2.75, 3.05) is 0 Å². The van der Waals surface area contributed by atoms with E-state index in [2.05, 4.69) is 27.4 Å². The molecule has 1 saturated heterocycles. The molecule has 0 amide bonds. The van der Waals surface area contributed by atoms with Crippen LogP contribution in [-0.4, -0.2) is 17.4 Å². The van der Waals surface area contributed by atoms with Crippen molar-refractivity contribution in [2.45, 2.75) is 71.7 Å². The molecule has 0 aromatic heterocycles. The van der Waals surface area contributed by atoms with Crippen LogP contribution in [0, 0.1) is 5.41 Å². The number of unbranched alkanes of at least 4 members (excludes halogenated alkanes) is 1. The van der Waals surface area contributed by atoms with E-state index in [1.54, 1.807) is 19.9 Å². The fraction of sp³-hybridized carbons (Fsp3) is 0.800. The predicted octanol–water partition coefficient (Wildman–Crippen LogP) is 3.76. The van der Waals surface area contributed by atoms with Gasteiger partial charge in [0, 0.05) is 6.42 Å². The largest absolute Gasteiger partial charge is 0.451 e. The molecule has 19 heavy (non-hydrogen) atoms. The van der Waals surface area contributed by atoms with Gasteiger partial charge in [-0.2, -0.15) is 9.78 Å². The Morgan fingerprint density at radius 1 is 1.21 bits per heavy atom. The molecule has 1 heterocycles. The average Bonchev–Trinajstić information content (AvgIpc) is 3.04. The van der Waals surface area contributed by atoms with Gasteiger partial charge in [-0.25, -0.2) is 4.79 Å². The van der Waals surface area contributed by atoms with Gasteiger partial charge < -0.3 is 4.74 Å². The second-order valence-corrected chi connectivity index (χ2v) is 6.88. The van der Waals surface area contributed by atoms with Crippen LogP contribution < -0.4 is 0 Å². The van der Waals surface area contributed by atoms with Crippen LogP contribution in [0.15, 0.2) is 12.7 Å². The van der Waals surface area contributed by atoms with Crippen LogP contribution in [0.4, 0.5) is 0 Å². The monoisotopic (exact) mass is 270 g/mol. The molecule has 0 aromatic rings. The summed E-state index contributed by atoms with van der Waals surface area (Å²) in [5.74, 6) is -1.63. The van der Waals surface area contributed by atoms with Crippen LogP contribution in [0.25, 0.3) is 0 Å². The molecule has 1 aliphatic rings. The minimum Gasteiger partial charge on any atom is -0.451 e. The summed E-state index contributed by atoms with van der Waals surface area (Å²) in [4.78, 5) is 21.7. The lowest BCUT2D eigenvalue weighted by Crippen LogP contribution is -2.34. The number of carbonyl (C=O) groups is 1. The third kappa shape index (κ3) is 5.33. The molecule has 0 unspecified atom stereocenters. The van der Waals surface area contributed by atoms with E-state index in [-0.39, 0.29) is 0 Å². The van der Waals surface area contributed by atoms with Gasteiger partial charge in [0.05, 0.1) is 0 Å². The Bertz CT molecular complexity index is 335. The maximum Gasteiger partial charge on any atom is 0.373 e. The van der Waals surface area contributed by atoms with E-state index in [1.165, 1.54) is 0 Å². The number of ether oxygens (including phenoxy) is 1. The van der Waals surface area contributed by atoms with Gasteiger partial charge in [-0.05, 0) is 38.2 Å². The zero-order valence-electron chi connectivity index (χ0n) is 12.7. The fourth-order valence-electron chi connectivity index (χ4n) is 1.68. The van der Waals surface area contributed by atoms with Crippen molar-refractivity contribution in [1.29, 1.82) is 0 Å². The Morgan fingerprint density at radius 2 is 1.79 bits per heavy atom. The molecule has 1 rings (SSSR count). The molecule has 0 saturated carbocycles. The first-order valence-electron chi connectivity index (χ1n) is 6.84. The van der Waals surface area contributed by atoms with Gasteiger partial charge >= 0.3 is 11.8 Å². The molecule has 4 nitrogen and oxygen atoms in total. The molecule has 1 fully saturated rings. The van der Waals surface area contributed by atoms with Gasteiger partial charge in [0.2, 0.25) is 0 Å². The van der Waals surface area contributed by atoms with Gasteiger partial charge in [-0.1, -0.05) is 33.8 Å². The Hall–Kier alpha value is -0.870. The normalized spacial score (nSPS) is 17.9. The zero-order valence-corrected chi connectivity index (χ0v) is 12.7. The Balaban J connectivity index is 2.37.